The van der Waals surface area contributed by atoms with Crippen LogP contribution in [0, 0.1) is 5.92 Å². The molecule has 11 nitrogen and oxygen atoms in total. The molecular weight excluding hydrogens is 614 g/mol. The van der Waals surface area contributed by atoms with Gasteiger partial charge in [0, 0.05) is 64.4 Å². The SMILES string of the molecule is Cn1cnc(S(=O)(=O)N(CC2CCN(C(=O)OC(C)(C)C)CC2)C2Cc3cc(-c4ccccc4)ccc3N(Cc3cncn3C)C2)c1. The van der Waals surface area contributed by atoms with Gasteiger partial charge in [-0.1, -0.05) is 36.4 Å². The number of sulfonamides is 1. The minimum atomic E-state index is -3.94. The van der Waals surface area contributed by atoms with E-state index in [0.29, 0.717) is 52.0 Å². The highest BCUT2D eigenvalue weighted by Gasteiger charge is 2.39. The van der Waals surface area contributed by atoms with E-state index in [2.05, 4.69) is 45.2 Å². The maximum atomic E-state index is 14.5. The second kappa shape index (κ2) is 13.2. The lowest BCUT2D eigenvalue weighted by molar-refractivity contribution is 0.0174. The number of hydrogen-bond acceptors (Lipinski definition) is 7. The summed E-state index contributed by atoms with van der Waals surface area (Å²) in [6.45, 7) is 8.10. The van der Waals surface area contributed by atoms with Crippen LogP contribution >= 0.6 is 0 Å². The molecule has 0 N–H and O–H groups in total. The van der Waals surface area contributed by atoms with Crippen LogP contribution in [0.4, 0.5) is 10.5 Å². The van der Waals surface area contributed by atoms with E-state index in [1.807, 2.05) is 56.8 Å². The Balaban J connectivity index is 1.32. The van der Waals surface area contributed by atoms with Crippen molar-refractivity contribution in [3.8, 4) is 11.1 Å². The van der Waals surface area contributed by atoms with Crippen LogP contribution in [0.5, 0.6) is 0 Å². The smallest absolute Gasteiger partial charge is 0.410 e. The molecule has 0 radical (unpaired) electrons. The van der Waals surface area contributed by atoms with Crippen LogP contribution in [0.15, 0.2) is 78.6 Å². The molecule has 0 spiro atoms. The summed E-state index contributed by atoms with van der Waals surface area (Å²) < 4.78 is 39.9. The number of rotatable bonds is 8. The van der Waals surface area contributed by atoms with Crippen molar-refractivity contribution in [2.45, 2.75) is 63.2 Å². The van der Waals surface area contributed by atoms with Crippen molar-refractivity contribution in [2.24, 2.45) is 20.0 Å². The second-order valence-corrected chi connectivity index (χ2v) is 15.6. The standard InChI is InChI=1S/C35H45N7O4S/c1-35(2,3)46-34(43)40-15-13-26(14-16-40)20-42(47(44,45)33-23-38(4)25-37-33)30-18-29-17-28(27-9-7-6-8-10-27)11-12-32(29)41(21-30)22-31-19-36-24-39(31)5/h6-12,17,19,23-26,30H,13-16,18,20-22H2,1-5H3. The average Bonchev–Trinajstić information content (AvgIpc) is 3.67. The molecule has 4 heterocycles. The first kappa shape index (κ1) is 32.8. The summed E-state index contributed by atoms with van der Waals surface area (Å²) >= 11 is 0. The van der Waals surface area contributed by atoms with Gasteiger partial charge in [0.2, 0.25) is 0 Å². The molecule has 1 unspecified atom stereocenters. The van der Waals surface area contributed by atoms with Crippen LogP contribution < -0.4 is 4.90 Å². The molecule has 250 valence electrons. The molecule has 2 aromatic heterocycles. The van der Waals surface area contributed by atoms with Gasteiger partial charge in [-0.15, -0.1) is 0 Å². The van der Waals surface area contributed by atoms with Gasteiger partial charge < -0.3 is 23.7 Å². The molecule has 4 aromatic rings. The van der Waals surface area contributed by atoms with Gasteiger partial charge >= 0.3 is 6.09 Å². The number of aryl methyl sites for hydroxylation is 2. The Morgan fingerprint density at radius 3 is 2.40 bits per heavy atom. The predicted molar refractivity (Wildman–Crippen MR) is 181 cm³/mol. The normalized spacial score (nSPS) is 17.6. The van der Waals surface area contributed by atoms with Crippen LogP contribution in [0.2, 0.25) is 0 Å². The van der Waals surface area contributed by atoms with Crippen LogP contribution in [-0.2, 0) is 41.8 Å². The molecule has 2 aliphatic rings. The van der Waals surface area contributed by atoms with Crippen LogP contribution in [0.25, 0.3) is 11.1 Å². The van der Waals surface area contributed by atoms with Crippen molar-refractivity contribution < 1.29 is 17.9 Å². The lowest BCUT2D eigenvalue weighted by atomic mass is 9.92. The van der Waals surface area contributed by atoms with Crippen LogP contribution in [0.1, 0.15) is 44.9 Å². The van der Waals surface area contributed by atoms with Crippen molar-refractivity contribution in [1.29, 1.82) is 0 Å². The molecule has 1 amide bonds. The summed E-state index contributed by atoms with van der Waals surface area (Å²) in [5, 5.41) is 0.0493. The van der Waals surface area contributed by atoms with Crippen molar-refractivity contribution in [1.82, 2.24) is 28.3 Å². The first-order valence-electron chi connectivity index (χ1n) is 16.2. The first-order chi connectivity index (χ1) is 22.4. The molecule has 1 atom stereocenters. The number of ether oxygens (including phenoxy) is 1. The van der Waals surface area contributed by atoms with E-state index in [4.69, 9.17) is 4.74 Å². The Morgan fingerprint density at radius 1 is 1.02 bits per heavy atom. The number of nitrogens with zero attached hydrogens (tertiary/aromatic N) is 7. The molecule has 2 aromatic carbocycles. The van der Waals surface area contributed by atoms with Gasteiger partial charge in [0.25, 0.3) is 10.0 Å². The summed E-state index contributed by atoms with van der Waals surface area (Å²) in [4.78, 5) is 25.4. The van der Waals surface area contributed by atoms with Crippen molar-refractivity contribution in [3.63, 3.8) is 0 Å². The third-order valence-electron chi connectivity index (χ3n) is 9.05. The summed E-state index contributed by atoms with van der Waals surface area (Å²) in [7, 11) is -0.185. The lowest BCUT2D eigenvalue weighted by Crippen LogP contribution is -2.53. The third kappa shape index (κ3) is 7.38. The zero-order chi connectivity index (χ0) is 33.3. The Morgan fingerprint density at radius 2 is 1.77 bits per heavy atom. The fourth-order valence-electron chi connectivity index (χ4n) is 6.58. The lowest BCUT2D eigenvalue weighted by Gasteiger charge is -2.42. The summed E-state index contributed by atoms with van der Waals surface area (Å²) in [5.41, 5.74) is 4.89. The number of amides is 1. The van der Waals surface area contributed by atoms with Gasteiger partial charge in [-0.05, 0) is 74.8 Å². The van der Waals surface area contributed by atoms with Gasteiger partial charge in [0.05, 0.1) is 24.9 Å². The minimum absolute atomic E-state index is 0.0493. The molecule has 6 rings (SSSR count). The molecule has 0 aliphatic carbocycles. The molecule has 47 heavy (non-hydrogen) atoms. The highest BCUT2D eigenvalue weighted by molar-refractivity contribution is 7.89. The van der Waals surface area contributed by atoms with Gasteiger partial charge in [-0.25, -0.2) is 23.2 Å². The summed E-state index contributed by atoms with van der Waals surface area (Å²) in [6, 6.07) is 16.4. The van der Waals surface area contributed by atoms with Gasteiger partial charge in [-0.3, -0.25) is 0 Å². The first-order valence-corrected chi connectivity index (χ1v) is 17.7. The number of carbonyl (C=O) groups is 1. The molecule has 0 bridgehead atoms. The minimum Gasteiger partial charge on any atom is -0.444 e. The quantitative estimate of drug-likeness (QED) is 0.260. The number of benzene rings is 2. The molecular formula is C35H45N7O4S. The fourth-order valence-corrected chi connectivity index (χ4v) is 8.24. The van der Waals surface area contributed by atoms with Gasteiger partial charge in [0.15, 0.2) is 5.03 Å². The van der Waals surface area contributed by atoms with E-state index in [1.54, 1.807) is 33.3 Å². The number of aromatic nitrogens is 4. The zero-order valence-corrected chi connectivity index (χ0v) is 28.7. The van der Waals surface area contributed by atoms with E-state index in [0.717, 1.165) is 28.1 Å². The molecule has 1 saturated heterocycles. The molecule has 2 aliphatic heterocycles. The summed E-state index contributed by atoms with van der Waals surface area (Å²) in [5.74, 6) is 0.0785. The third-order valence-corrected chi connectivity index (χ3v) is 10.9. The van der Waals surface area contributed by atoms with Crippen LogP contribution in [0.3, 0.4) is 0 Å². The number of likely N-dealkylation sites (tertiary alicyclic amines) is 1. The number of fused-ring (bicyclic) bond motifs is 1. The maximum Gasteiger partial charge on any atom is 0.410 e. The van der Waals surface area contributed by atoms with Crippen molar-refractivity contribution >= 4 is 21.8 Å². The molecule has 0 saturated carbocycles. The highest BCUT2D eigenvalue weighted by atomic mass is 32.2. The van der Waals surface area contributed by atoms with Gasteiger partial charge in [-0.2, -0.15) is 4.31 Å². The molecule has 12 heteroatoms. The second-order valence-electron chi connectivity index (χ2n) is 13.8. The van der Waals surface area contributed by atoms with E-state index >= 15 is 0 Å². The predicted octanol–water partition coefficient (Wildman–Crippen LogP) is 5.09. The Labute approximate surface area is 277 Å². The van der Waals surface area contributed by atoms with Crippen LogP contribution in [-0.4, -0.2) is 80.6 Å². The number of piperidine rings is 1. The van der Waals surface area contributed by atoms with E-state index in [-0.39, 0.29) is 23.1 Å². The summed E-state index contributed by atoms with van der Waals surface area (Å²) in [6.07, 6.45) is 8.38. The topological polar surface area (TPSA) is 106 Å². The van der Waals surface area contributed by atoms with Gasteiger partial charge in [0.1, 0.15) is 5.60 Å². The van der Waals surface area contributed by atoms with E-state index in [9.17, 15) is 13.2 Å². The van der Waals surface area contributed by atoms with Crippen molar-refractivity contribution in [2.75, 3.05) is 31.1 Å². The number of carbonyl (C=O) groups excluding carboxylic acids is 1. The number of anilines is 1. The Hall–Kier alpha value is -4.16. The maximum absolute atomic E-state index is 14.5. The van der Waals surface area contributed by atoms with E-state index in [1.165, 1.54) is 6.33 Å². The molecule has 1 fully saturated rings. The zero-order valence-electron chi connectivity index (χ0n) is 27.9. The van der Waals surface area contributed by atoms with Crippen molar-refractivity contribution in [3.05, 3.63) is 84.8 Å². The van der Waals surface area contributed by atoms with E-state index < -0.39 is 15.6 Å². The monoisotopic (exact) mass is 659 g/mol. The number of hydrogen-bond donors (Lipinski definition) is 0. The number of imidazole rings is 2. The highest BCUT2D eigenvalue weighted by Crippen LogP contribution is 2.36. The average molecular weight is 660 g/mol. The fraction of sp³-hybridized carbons (Fsp3) is 0.457. The largest absolute Gasteiger partial charge is 0.444 e. The Bertz CT molecular complexity index is 1800. The Kier molecular flexibility index (Phi) is 9.17.